The molecular weight excluding hydrogens is 460 g/mol. The SMILES string of the molecule is CCCN(CCC)C(=O)c1cc(C)cc(C(=O)NOC[C@H](O)[C@H](O)C(O)CONC(=O)CNC)c1. The lowest BCUT2D eigenvalue weighted by Gasteiger charge is -2.23. The molecule has 0 aliphatic carbocycles. The zero-order chi connectivity index (χ0) is 26.4. The number of likely N-dealkylation sites (N-methyl/N-ethyl adjacent to an activating group) is 1. The molecule has 12 nitrogen and oxygen atoms in total. The number of aliphatic hydroxyl groups excluding tert-OH is 3. The zero-order valence-corrected chi connectivity index (χ0v) is 20.7. The van der Waals surface area contributed by atoms with E-state index in [4.69, 9.17) is 9.68 Å². The minimum absolute atomic E-state index is 0.00113. The molecule has 6 N–H and O–H groups in total. The first kappa shape index (κ1) is 30.4. The monoisotopic (exact) mass is 498 g/mol. The Morgan fingerprint density at radius 2 is 1.46 bits per heavy atom. The summed E-state index contributed by atoms with van der Waals surface area (Å²) in [5, 5.41) is 32.4. The Morgan fingerprint density at radius 3 is 2.00 bits per heavy atom. The fourth-order valence-electron chi connectivity index (χ4n) is 3.18. The van der Waals surface area contributed by atoms with E-state index in [1.165, 1.54) is 6.07 Å². The third-order valence-electron chi connectivity index (χ3n) is 4.85. The number of rotatable bonds is 16. The fourth-order valence-corrected chi connectivity index (χ4v) is 3.18. The van der Waals surface area contributed by atoms with Gasteiger partial charge in [0.25, 0.3) is 17.7 Å². The summed E-state index contributed by atoms with van der Waals surface area (Å²) in [6.45, 7) is 5.97. The molecule has 12 heteroatoms. The largest absolute Gasteiger partial charge is 0.388 e. The fraction of sp³-hybridized carbons (Fsp3) is 0.609. The van der Waals surface area contributed by atoms with Crippen molar-refractivity contribution in [3.05, 3.63) is 34.9 Å². The van der Waals surface area contributed by atoms with Crippen molar-refractivity contribution in [3.8, 4) is 0 Å². The average Bonchev–Trinajstić information content (AvgIpc) is 2.82. The topological polar surface area (TPSA) is 170 Å². The molecule has 3 amide bonds. The summed E-state index contributed by atoms with van der Waals surface area (Å²) in [5.74, 6) is -1.28. The highest BCUT2D eigenvalue weighted by molar-refractivity contribution is 5.99. The predicted molar refractivity (Wildman–Crippen MR) is 127 cm³/mol. The lowest BCUT2D eigenvalue weighted by Crippen LogP contribution is -2.45. The van der Waals surface area contributed by atoms with Crippen LogP contribution in [0, 0.1) is 6.92 Å². The van der Waals surface area contributed by atoms with Crippen molar-refractivity contribution in [3.63, 3.8) is 0 Å². The van der Waals surface area contributed by atoms with Crippen molar-refractivity contribution < 1.29 is 39.4 Å². The molecule has 0 aliphatic rings. The molecule has 1 rings (SSSR count). The number of hydrogen-bond donors (Lipinski definition) is 6. The van der Waals surface area contributed by atoms with Crippen LogP contribution >= 0.6 is 0 Å². The first-order valence-electron chi connectivity index (χ1n) is 11.6. The van der Waals surface area contributed by atoms with Gasteiger partial charge < -0.3 is 25.5 Å². The number of hydroxylamine groups is 2. The second kappa shape index (κ2) is 16.1. The maximum Gasteiger partial charge on any atom is 0.274 e. The van der Waals surface area contributed by atoms with Crippen LogP contribution in [0.25, 0.3) is 0 Å². The summed E-state index contributed by atoms with van der Waals surface area (Å²) in [6, 6.07) is 4.78. The molecule has 3 atom stereocenters. The number of nitrogens with one attached hydrogen (secondary N) is 3. The van der Waals surface area contributed by atoms with Crippen LogP contribution in [0.1, 0.15) is 53.0 Å². The van der Waals surface area contributed by atoms with Crippen LogP contribution in [0.15, 0.2) is 18.2 Å². The molecular formula is C23H38N4O8. The van der Waals surface area contributed by atoms with Crippen molar-refractivity contribution in [1.82, 2.24) is 21.2 Å². The van der Waals surface area contributed by atoms with Crippen molar-refractivity contribution >= 4 is 17.7 Å². The third-order valence-corrected chi connectivity index (χ3v) is 4.85. The Hall–Kier alpha value is -2.61. The van der Waals surface area contributed by atoms with E-state index in [0.717, 1.165) is 12.8 Å². The van der Waals surface area contributed by atoms with Gasteiger partial charge in [0.2, 0.25) is 0 Å². The van der Waals surface area contributed by atoms with Gasteiger partial charge in [-0.2, -0.15) is 0 Å². The molecule has 198 valence electrons. The van der Waals surface area contributed by atoms with Gasteiger partial charge in [0.1, 0.15) is 31.5 Å². The number of aliphatic hydroxyl groups is 3. The molecule has 1 aromatic rings. The molecule has 0 radical (unpaired) electrons. The highest BCUT2D eigenvalue weighted by Crippen LogP contribution is 2.13. The maximum absolute atomic E-state index is 12.9. The van der Waals surface area contributed by atoms with Gasteiger partial charge in [-0.3, -0.25) is 24.1 Å². The number of nitrogens with zero attached hydrogens (tertiary/aromatic N) is 1. The Balaban J connectivity index is 2.62. The highest BCUT2D eigenvalue weighted by atomic mass is 16.7. The van der Waals surface area contributed by atoms with E-state index in [2.05, 4.69) is 16.3 Å². The lowest BCUT2D eigenvalue weighted by molar-refractivity contribution is -0.144. The first-order valence-corrected chi connectivity index (χ1v) is 11.6. The standard InChI is InChI=1S/C23H38N4O8/c1-5-7-27(8-6-2)23(33)17-10-15(3)9-16(11-17)22(32)26-35-14-19(29)21(31)18(28)13-34-25-20(30)12-24-4/h9-11,18-19,21,24,28-29,31H,5-8,12-14H2,1-4H3,(H,25,30)(H,26,32)/t18?,19-,21+/m0/s1. The minimum Gasteiger partial charge on any atom is -0.388 e. The Labute approximate surface area is 205 Å². The molecule has 35 heavy (non-hydrogen) atoms. The third kappa shape index (κ3) is 10.7. The van der Waals surface area contributed by atoms with Gasteiger partial charge in [0, 0.05) is 24.2 Å². The number of carbonyl (C=O) groups excluding carboxylic acids is 3. The second-order valence-electron chi connectivity index (χ2n) is 8.11. The van der Waals surface area contributed by atoms with E-state index < -0.39 is 43.3 Å². The number of carbonyl (C=O) groups is 3. The summed E-state index contributed by atoms with van der Waals surface area (Å²) in [5.41, 5.74) is 5.51. The van der Waals surface area contributed by atoms with E-state index in [1.54, 1.807) is 31.0 Å². The van der Waals surface area contributed by atoms with Crippen LogP contribution in [0.3, 0.4) is 0 Å². The normalized spacial score (nSPS) is 13.6. The van der Waals surface area contributed by atoms with Gasteiger partial charge in [0.05, 0.1) is 6.54 Å². The molecule has 0 saturated carbocycles. The van der Waals surface area contributed by atoms with Crippen molar-refractivity contribution in [2.24, 2.45) is 0 Å². The summed E-state index contributed by atoms with van der Waals surface area (Å²) in [6.07, 6.45) is -3.12. The zero-order valence-electron chi connectivity index (χ0n) is 20.7. The number of benzene rings is 1. The quantitative estimate of drug-likeness (QED) is 0.161. The highest BCUT2D eigenvalue weighted by Gasteiger charge is 2.26. The second-order valence-corrected chi connectivity index (χ2v) is 8.11. The molecule has 0 fully saturated rings. The van der Waals surface area contributed by atoms with E-state index >= 15 is 0 Å². The first-order chi connectivity index (χ1) is 16.6. The molecule has 1 unspecified atom stereocenters. The molecule has 0 spiro atoms. The van der Waals surface area contributed by atoms with Crippen molar-refractivity contribution in [2.45, 2.75) is 51.9 Å². The van der Waals surface area contributed by atoms with E-state index in [1.807, 2.05) is 13.8 Å². The molecule has 1 aromatic carbocycles. The number of aryl methyl sites for hydroxylation is 1. The summed E-state index contributed by atoms with van der Waals surface area (Å²) >= 11 is 0. The van der Waals surface area contributed by atoms with Crippen molar-refractivity contribution in [2.75, 3.05) is 39.9 Å². The summed E-state index contributed by atoms with van der Waals surface area (Å²) in [4.78, 5) is 48.1. The van der Waals surface area contributed by atoms with Crippen LogP contribution in [0.5, 0.6) is 0 Å². The van der Waals surface area contributed by atoms with E-state index in [-0.39, 0.29) is 18.0 Å². The van der Waals surface area contributed by atoms with Crippen LogP contribution in [0.2, 0.25) is 0 Å². The average molecular weight is 499 g/mol. The van der Waals surface area contributed by atoms with Crippen LogP contribution in [-0.2, 0) is 14.5 Å². The lowest BCUT2D eigenvalue weighted by atomic mass is 10.0. The number of hydrogen-bond acceptors (Lipinski definition) is 9. The van der Waals surface area contributed by atoms with E-state index in [9.17, 15) is 29.7 Å². The van der Waals surface area contributed by atoms with Gasteiger partial charge in [-0.25, -0.2) is 11.0 Å². The van der Waals surface area contributed by atoms with Gasteiger partial charge in [-0.15, -0.1) is 0 Å². The van der Waals surface area contributed by atoms with Crippen LogP contribution < -0.4 is 16.3 Å². The predicted octanol–water partition coefficient (Wildman–Crippen LogP) is -0.731. The smallest absolute Gasteiger partial charge is 0.274 e. The molecule has 0 aromatic heterocycles. The Bertz CT molecular complexity index is 817. The number of amides is 3. The van der Waals surface area contributed by atoms with Gasteiger partial charge in [-0.1, -0.05) is 13.8 Å². The molecule has 0 heterocycles. The Morgan fingerprint density at radius 1 is 0.914 bits per heavy atom. The van der Waals surface area contributed by atoms with Gasteiger partial charge in [0.15, 0.2) is 0 Å². The minimum atomic E-state index is -1.67. The van der Waals surface area contributed by atoms with E-state index in [0.29, 0.717) is 24.2 Å². The molecule has 0 saturated heterocycles. The summed E-state index contributed by atoms with van der Waals surface area (Å²) < 4.78 is 0. The molecule has 0 bridgehead atoms. The van der Waals surface area contributed by atoms with Crippen molar-refractivity contribution in [1.29, 1.82) is 0 Å². The van der Waals surface area contributed by atoms with Crippen LogP contribution in [-0.4, -0.2) is 96.1 Å². The maximum atomic E-state index is 12.9. The molecule has 0 aliphatic heterocycles. The Kier molecular flexibility index (Phi) is 14.0. The van der Waals surface area contributed by atoms with Gasteiger partial charge in [-0.05, 0) is 50.6 Å². The summed E-state index contributed by atoms with van der Waals surface area (Å²) in [7, 11) is 1.57. The van der Waals surface area contributed by atoms with Gasteiger partial charge >= 0.3 is 0 Å². The van der Waals surface area contributed by atoms with Crippen LogP contribution in [0.4, 0.5) is 0 Å².